The lowest BCUT2D eigenvalue weighted by Crippen LogP contribution is -2.14. The summed E-state index contributed by atoms with van der Waals surface area (Å²) in [5.74, 6) is -1.73. The lowest BCUT2D eigenvalue weighted by molar-refractivity contribution is 0.0527. The first-order valence-electron chi connectivity index (χ1n) is 6.75. The summed E-state index contributed by atoms with van der Waals surface area (Å²) in [7, 11) is 1.68. The minimum atomic E-state index is -0.667. The molecule has 0 aliphatic heterocycles. The number of hydrogen-bond donors (Lipinski definition) is 2. The van der Waals surface area contributed by atoms with E-state index in [4.69, 9.17) is 10.5 Å². The van der Waals surface area contributed by atoms with Gasteiger partial charge in [-0.3, -0.25) is 14.3 Å². The van der Waals surface area contributed by atoms with Crippen molar-refractivity contribution < 1.29 is 19.1 Å². The Morgan fingerprint density at radius 3 is 2.65 bits per heavy atom. The number of aromatic nitrogens is 2. The fraction of sp³-hybridized carbons (Fsp3) is 0.286. The van der Waals surface area contributed by atoms with Crippen molar-refractivity contribution in [1.29, 1.82) is 0 Å². The highest BCUT2D eigenvalue weighted by Crippen LogP contribution is 2.33. The van der Waals surface area contributed by atoms with E-state index in [0.717, 1.165) is 11.3 Å². The molecule has 0 atom stereocenters. The number of esters is 1. The summed E-state index contributed by atoms with van der Waals surface area (Å²) in [5, 5.41) is 6.75. The molecule has 0 spiro atoms. The average molecular weight is 336 g/mol. The molecule has 2 aromatic rings. The average Bonchev–Trinajstić information content (AvgIpc) is 3.03. The monoisotopic (exact) mass is 336 g/mol. The SMILES string of the molecule is CCOC(=O)c1c(NC(=O)c2cnn(C)c2)sc(C(N)=O)c1C. The number of rotatable bonds is 5. The van der Waals surface area contributed by atoms with Crippen LogP contribution in [-0.2, 0) is 11.8 Å². The molecule has 0 bridgehead atoms. The molecular formula is C14H16N4O4S. The van der Waals surface area contributed by atoms with Crippen LogP contribution in [0.2, 0.25) is 0 Å². The van der Waals surface area contributed by atoms with Gasteiger partial charge in [-0.15, -0.1) is 11.3 Å². The normalized spacial score (nSPS) is 10.4. The van der Waals surface area contributed by atoms with Gasteiger partial charge in [-0.1, -0.05) is 0 Å². The quantitative estimate of drug-likeness (QED) is 0.799. The second-order valence-corrected chi connectivity index (χ2v) is 5.72. The van der Waals surface area contributed by atoms with Crippen molar-refractivity contribution in [2.24, 2.45) is 12.8 Å². The molecule has 23 heavy (non-hydrogen) atoms. The Balaban J connectivity index is 2.40. The van der Waals surface area contributed by atoms with Gasteiger partial charge < -0.3 is 15.8 Å². The van der Waals surface area contributed by atoms with Crippen LogP contribution in [0.1, 0.15) is 42.9 Å². The zero-order valence-electron chi connectivity index (χ0n) is 12.9. The van der Waals surface area contributed by atoms with E-state index in [-0.39, 0.29) is 22.0 Å². The fourth-order valence-corrected chi connectivity index (χ4v) is 3.04. The van der Waals surface area contributed by atoms with Crippen LogP contribution in [0, 0.1) is 6.92 Å². The minimum absolute atomic E-state index is 0.142. The summed E-state index contributed by atoms with van der Waals surface area (Å²) in [6.45, 7) is 3.43. The van der Waals surface area contributed by atoms with Crippen molar-refractivity contribution in [3.63, 3.8) is 0 Å². The third-order valence-electron chi connectivity index (χ3n) is 3.04. The first-order valence-corrected chi connectivity index (χ1v) is 7.57. The molecule has 0 unspecified atom stereocenters. The third kappa shape index (κ3) is 3.39. The first-order chi connectivity index (χ1) is 10.8. The maximum atomic E-state index is 12.2. The van der Waals surface area contributed by atoms with Crippen LogP contribution in [0.15, 0.2) is 12.4 Å². The summed E-state index contributed by atoms with van der Waals surface area (Å²) >= 11 is 0.944. The molecular weight excluding hydrogens is 320 g/mol. The zero-order valence-corrected chi connectivity index (χ0v) is 13.7. The van der Waals surface area contributed by atoms with Crippen LogP contribution >= 0.6 is 11.3 Å². The summed E-state index contributed by atoms with van der Waals surface area (Å²) in [6.07, 6.45) is 2.93. The molecule has 2 amide bonds. The molecule has 8 nitrogen and oxygen atoms in total. The van der Waals surface area contributed by atoms with Gasteiger partial charge in [0.1, 0.15) is 5.00 Å². The topological polar surface area (TPSA) is 116 Å². The number of nitrogens with two attached hydrogens (primary N) is 1. The molecule has 2 rings (SSSR count). The highest BCUT2D eigenvalue weighted by Gasteiger charge is 2.26. The molecule has 9 heteroatoms. The molecule has 3 N–H and O–H groups in total. The van der Waals surface area contributed by atoms with Gasteiger partial charge in [-0.05, 0) is 19.4 Å². The van der Waals surface area contributed by atoms with Crippen molar-refractivity contribution >= 4 is 34.1 Å². The highest BCUT2D eigenvalue weighted by molar-refractivity contribution is 7.18. The number of ether oxygens (including phenoxy) is 1. The van der Waals surface area contributed by atoms with Crippen molar-refractivity contribution in [2.75, 3.05) is 11.9 Å². The molecule has 2 aromatic heterocycles. The van der Waals surface area contributed by atoms with E-state index < -0.39 is 17.8 Å². The number of aryl methyl sites for hydroxylation is 1. The molecule has 0 aromatic carbocycles. The summed E-state index contributed by atoms with van der Waals surface area (Å²) < 4.78 is 6.46. The number of nitrogens with zero attached hydrogens (tertiary/aromatic N) is 2. The van der Waals surface area contributed by atoms with Gasteiger partial charge in [0.25, 0.3) is 11.8 Å². The number of thiophene rings is 1. The maximum absolute atomic E-state index is 12.2. The minimum Gasteiger partial charge on any atom is -0.462 e. The second kappa shape index (κ2) is 6.61. The Bertz CT molecular complexity index is 778. The van der Waals surface area contributed by atoms with Crippen LogP contribution in [0.3, 0.4) is 0 Å². The van der Waals surface area contributed by atoms with Crippen LogP contribution in [0.5, 0.6) is 0 Å². The van der Waals surface area contributed by atoms with Crippen molar-refractivity contribution in [3.05, 3.63) is 34.0 Å². The molecule has 2 heterocycles. The fourth-order valence-electron chi connectivity index (χ4n) is 2.00. The zero-order chi connectivity index (χ0) is 17.1. The number of hydrogen-bond acceptors (Lipinski definition) is 6. The van der Waals surface area contributed by atoms with E-state index in [1.807, 2.05) is 0 Å². The number of amides is 2. The Morgan fingerprint density at radius 2 is 2.13 bits per heavy atom. The van der Waals surface area contributed by atoms with Gasteiger partial charge in [0.15, 0.2) is 0 Å². The predicted octanol–water partition coefficient (Wildman–Crippen LogP) is 1.32. The molecule has 0 saturated carbocycles. The largest absolute Gasteiger partial charge is 0.462 e. The van der Waals surface area contributed by atoms with Crippen LogP contribution in [0.25, 0.3) is 0 Å². The number of carbonyl (C=O) groups is 3. The number of anilines is 1. The summed E-state index contributed by atoms with van der Waals surface area (Å²) in [6, 6.07) is 0. The van der Waals surface area contributed by atoms with Crippen molar-refractivity contribution in [1.82, 2.24) is 9.78 Å². The molecule has 0 aliphatic carbocycles. The lowest BCUT2D eigenvalue weighted by Gasteiger charge is -2.06. The smallest absolute Gasteiger partial charge is 0.341 e. The number of carbonyl (C=O) groups excluding carboxylic acids is 3. The van der Waals surface area contributed by atoms with Crippen LogP contribution in [0.4, 0.5) is 5.00 Å². The van der Waals surface area contributed by atoms with Gasteiger partial charge in [0, 0.05) is 13.2 Å². The molecule has 0 aliphatic rings. The van der Waals surface area contributed by atoms with Crippen molar-refractivity contribution in [3.8, 4) is 0 Å². The lowest BCUT2D eigenvalue weighted by atomic mass is 10.1. The van der Waals surface area contributed by atoms with E-state index in [1.54, 1.807) is 20.9 Å². The van der Waals surface area contributed by atoms with E-state index >= 15 is 0 Å². The van der Waals surface area contributed by atoms with Gasteiger partial charge in [-0.2, -0.15) is 5.10 Å². The molecule has 0 fully saturated rings. The third-order valence-corrected chi connectivity index (χ3v) is 4.27. The number of primary amides is 1. The standard InChI is InChI=1S/C14H16N4O4S/c1-4-22-14(21)9-7(2)10(11(15)19)23-13(9)17-12(20)8-5-16-18(3)6-8/h5-6H,4H2,1-3H3,(H2,15,19)(H,17,20). The van der Waals surface area contributed by atoms with E-state index in [2.05, 4.69) is 10.4 Å². The van der Waals surface area contributed by atoms with E-state index in [1.165, 1.54) is 17.1 Å². The van der Waals surface area contributed by atoms with Gasteiger partial charge in [0.2, 0.25) is 0 Å². The Morgan fingerprint density at radius 1 is 1.43 bits per heavy atom. The van der Waals surface area contributed by atoms with Gasteiger partial charge in [0.05, 0.1) is 28.8 Å². The van der Waals surface area contributed by atoms with E-state index in [0.29, 0.717) is 11.1 Å². The molecule has 122 valence electrons. The Kier molecular flexibility index (Phi) is 4.80. The second-order valence-electron chi connectivity index (χ2n) is 4.70. The molecule has 0 saturated heterocycles. The highest BCUT2D eigenvalue weighted by atomic mass is 32.1. The van der Waals surface area contributed by atoms with Crippen molar-refractivity contribution in [2.45, 2.75) is 13.8 Å². The van der Waals surface area contributed by atoms with Gasteiger partial charge >= 0.3 is 5.97 Å². The first kappa shape index (κ1) is 16.7. The maximum Gasteiger partial charge on any atom is 0.341 e. The Hall–Kier alpha value is -2.68. The number of nitrogens with one attached hydrogen (secondary N) is 1. The van der Waals surface area contributed by atoms with Gasteiger partial charge in [-0.25, -0.2) is 4.79 Å². The van der Waals surface area contributed by atoms with Crippen LogP contribution in [-0.4, -0.2) is 34.2 Å². The Labute approximate surface area is 136 Å². The predicted molar refractivity (Wildman–Crippen MR) is 84.7 cm³/mol. The summed E-state index contributed by atoms with van der Waals surface area (Å²) in [4.78, 5) is 36.0. The molecule has 0 radical (unpaired) electrons. The van der Waals surface area contributed by atoms with E-state index in [9.17, 15) is 14.4 Å². The summed E-state index contributed by atoms with van der Waals surface area (Å²) in [5.41, 5.74) is 6.17. The van der Waals surface area contributed by atoms with Crippen LogP contribution < -0.4 is 11.1 Å².